The molecule has 1 saturated heterocycles. The molecule has 1 fully saturated rings. The lowest BCUT2D eigenvalue weighted by atomic mass is 10.0. The molecule has 8 heteroatoms. The summed E-state index contributed by atoms with van der Waals surface area (Å²) in [7, 11) is -3.78. The number of hydrogen-bond donors (Lipinski definition) is 0. The minimum Gasteiger partial charge on any atom is -0.550 e. The van der Waals surface area contributed by atoms with E-state index in [-0.39, 0.29) is 23.0 Å². The van der Waals surface area contributed by atoms with Crippen molar-refractivity contribution in [1.82, 2.24) is 4.31 Å². The first kappa shape index (κ1) is 17.1. The van der Waals surface area contributed by atoms with Crippen LogP contribution < -0.4 is 9.84 Å². The van der Waals surface area contributed by atoms with Crippen molar-refractivity contribution in [2.75, 3.05) is 19.7 Å². The Kier molecular flexibility index (Phi) is 5.31. The van der Waals surface area contributed by atoms with Crippen LogP contribution in [-0.4, -0.2) is 38.4 Å². The van der Waals surface area contributed by atoms with E-state index in [1.54, 1.807) is 6.92 Å². The molecular weight excluding hydrogens is 330 g/mol. The molecule has 1 atom stereocenters. The van der Waals surface area contributed by atoms with Crippen LogP contribution in [0.3, 0.4) is 0 Å². The average molecular weight is 347 g/mol. The van der Waals surface area contributed by atoms with Gasteiger partial charge in [0.15, 0.2) is 0 Å². The summed E-state index contributed by atoms with van der Waals surface area (Å²) in [4.78, 5) is 11.0. The van der Waals surface area contributed by atoms with E-state index in [0.717, 1.165) is 0 Å². The quantitative estimate of drug-likeness (QED) is 0.790. The third kappa shape index (κ3) is 3.53. The van der Waals surface area contributed by atoms with E-state index in [4.69, 9.17) is 16.3 Å². The number of piperidine rings is 1. The second-order valence-corrected chi connectivity index (χ2v) is 7.39. The minimum absolute atomic E-state index is 0.0277. The van der Waals surface area contributed by atoms with Gasteiger partial charge in [-0.15, -0.1) is 0 Å². The zero-order chi connectivity index (χ0) is 16.3. The first-order chi connectivity index (χ1) is 10.4. The maximum Gasteiger partial charge on any atom is 0.243 e. The summed E-state index contributed by atoms with van der Waals surface area (Å²) in [5, 5.41) is 11.2. The number of ether oxygens (including phenoxy) is 1. The third-order valence-corrected chi connectivity index (χ3v) is 5.71. The molecule has 0 aromatic heterocycles. The van der Waals surface area contributed by atoms with Crippen molar-refractivity contribution in [3.63, 3.8) is 0 Å². The lowest BCUT2D eigenvalue weighted by Gasteiger charge is -2.32. The molecule has 6 nitrogen and oxygen atoms in total. The van der Waals surface area contributed by atoms with Gasteiger partial charge in [-0.2, -0.15) is 4.31 Å². The molecule has 0 N–H and O–H groups in total. The van der Waals surface area contributed by atoms with Crippen molar-refractivity contribution < 1.29 is 23.1 Å². The predicted molar refractivity (Wildman–Crippen MR) is 79.1 cm³/mol. The number of carboxylic acid groups (broad SMARTS) is 1. The molecule has 1 aromatic carbocycles. The Morgan fingerprint density at radius 2 is 2.23 bits per heavy atom. The van der Waals surface area contributed by atoms with Crippen molar-refractivity contribution in [2.24, 2.45) is 5.92 Å². The van der Waals surface area contributed by atoms with Gasteiger partial charge in [0.05, 0.1) is 16.5 Å². The molecule has 1 aliphatic heterocycles. The Bertz CT molecular complexity index is 661. The first-order valence-electron chi connectivity index (χ1n) is 6.99. The number of sulfonamides is 1. The van der Waals surface area contributed by atoms with Crippen LogP contribution in [0, 0.1) is 5.92 Å². The first-order valence-corrected chi connectivity index (χ1v) is 8.81. The van der Waals surface area contributed by atoms with Crippen molar-refractivity contribution in [3.05, 3.63) is 23.2 Å². The van der Waals surface area contributed by atoms with Gasteiger partial charge in [0.1, 0.15) is 5.75 Å². The fraction of sp³-hybridized carbons (Fsp3) is 0.500. The SMILES string of the molecule is CCOc1ccc(S(=O)(=O)N2CCC[C@@H](C(=O)[O-])C2)cc1Cl. The summed E-state index contributed by atoms with van der Waals surface area (Å²) in [5.74, 6) is -1.58. The largest absolute Gasteiger partial charge is 0.550 e. The van der Waals surface area contributed by atoms with E-state index in [0.29, 0.717) is 25.2 Å². The van der Waals surface area contributed by atoms with Gasteiger partial charge in [-0.1, -0.05) is 11.6 Å². The van der Waals surface area contributed by atoms with E-state index in [1.807, 2.05) is 0 Å². The normalized spacial score (nSPS) is 19.8. The molecule has 0 unspecified atom stereocenters. The molecular formula is C14H17ClNO5S-. The number of halogens is 1. The fourth-order valence-electron chi connectivity index (χ4n) is 2.42. The lowest BCUT2D eigenvalue weighted by molar-refractivity contribution is -0.312. The molecule has 2 rings (SSSR count). The molecule has 0 saturated carbocycles. The Morgan fingerprint density at radius 1 is 1.50 bits per heavy atom. The third-order valence-electron chi connectivity index (χ3n) is 3.56. The predicted octanol–water partition coefficient (Wildman–Crippen LogP) is 0.889. The van der Waals surface area contributed by atoms with Crippen LogP contribution in [-0.2, 0) is 14.8 Å². The Labute approximate surface area is 134 Å². The molecule has 0 radical (unpaired) electrons. The van der Waals surface area contributed by atoms with E-state index in [1.165, 1.54) is 22.5 Å². The number of carboxylic acids is 1. The summed E-state index contributed by atoms with van der Waals surface area (Å²) >= 11 is 6.02. The van der Waals surface area contributed by atoms with Gasteiger partial charge in [0.25, 0.3) is 0 Å². The summed E-state index contributed by atoms with van der Waals surface area (Å²) in [6, 6.07) is 4.23. The van der Waals surface area contributed by atoms with Crippen LogP contribution in [0.25, 0.3) is 0 Å². The highest BCUT2D eigenvalue weighted by Gasteiger charge is 2.31. The van der Waals surface area contributed by atoms with Crippen molar-refractivity contribution in [1.29, 1.82) is 0 Å². The van der Waals surface area contributed by atoms with Gasteiger partial charge >= 0.3 is 0 Å². The summed E-state index contributed by atoms with van der Waals surface area (Å²) in [6.07, 6.45) is 0.918. The monoisotopic (exact) mass is 346 g/mol. The number of nitrogens with zero attached hydrogens (tertiary/aromatic N) is 1. The second-order valence-electron chi connectivity index (χ2n) is 5.05. The van der Waals surface area contributed by atoms with Crippen LogP contribution in [0.5, 0.6) is 5.75 Å². The van der Waals surface area contributed by atoms with Crippen LogP contribution in [0.2, 0.25) is 5.02 Å². The fourth-order valence-corrected chi connectivity index (χ4v) is 4.27. The van der Waals surface area contributed by atoms with E-state index >= 15 is 0 Å². The van der Waals surface area contributed by atoms with Crippen molar-refractivity contribution in [3.8, 4) is 5.75 Å². The zero-order valence-corrected chi connectivity index (χ0v) is 13.7. The molecule has 22 heavy (non-hydrogen) atoms. The minimum atomic E-state index is -3.78. The number of aliphatic carboxylic acids is 1. The zero-order valence-electron chi connectivity index (χ0n) is 12.1. The number of benzene rings is 1. The van der Waals surface area contributed by atoms with Gasteiger partial charge in [-0.3, -0.25) is 0 Å². The summed E-state index contributed by atoms with van der Waals surface area (Å²) < 4.78 is 31.6. The number of rotatable bonds is 5. The van der Waals surface area contributed by atoms with Gasteiger partial charge in [-0.25, -0.2) is 8.42 Å². The smallest absolute Gasteiger partial charge is 0.243 e. The highest BCUT2D eigenvalue weighted by molar-refractivity contribution is 7.89. The molecule has 122 valence electrons. The standard InChI is InChI=1S/C14H18ClNO5S/c1-2-21-13-6-5-11(8-12(13)15)22(19,20)16-7-3-4-10(9-16)14(17)18/h5-6,8,10H,2-4,7,9H2,1H3,(H,17,18)/p-1/t10-/m1/s1. The van der Waals surface area contributed by atoms with Gasteiger partial charge in [-0.05, 0) is 38.0 Å². The second kappa shape index (κ2) is 6.85. The van der Waals surface area contributed by atoms with E-state index < -0.39 is 21.9 Å². The van der Waals surface area contributed by atoms with Gasteiger partial charge in [0.2, 0.25) is 10.0 Å². The Hall–Kier alpha value is -1.31. The maximum absolute atomic E-state index is 12.6. The van der Waals surface area contributed by atoms with Crippen LogP contribution >= 0.6 is 11.6 Å². The highest BCUT2D eigenvalue weighted by Crippen LogP contribution is 2.30. The number of carbonyl (C=O) groups excluding carboxylic acids is 1. The van der Waals surface area contributed by atoms with Gasteiger partial charge < -0.3 is 14.6 Å². The molecule has 0 bridgehead atoms. The van der Waals surface area contributed by atoms with Crippen LogP contribution in [0.4, 0.5) is 0 Å². The van der Waals surface area contributed by atoms with Crippen molar-refractivity contribution in [2.45, 2.75) is 24.7 Å². The Balaban J connectivity index is 2.26. The topological polar surface area (TPSA) is 86.7 Å². The Morgan fingerprint density at radius 3 is 2.82 bits per heavy atom. The molecule has 0 amide bonds. The van der Waals surface area contributed by atoms with Gasteiger partial charge in [0, 0.05) is 25.0 Å². The number of carbonyl (C=O) groups is 1. The van der Waals surface area contributed by atoms with Crippen molar-refractivity contribution >= 4 is 27.6 Å². The van der Waals surface area contributed by atoms with E-state index in [2.05, 4.69) is 0 Å². The molecule has 0 spiro atoms. The molecule has 1 heterocycles. The molecule has 1 aromatic rings. The number of hydrogen-bond acceptors (Lipinski definition) is 5. The summed E-state index contributed by atoms with van der Waals surface area (Å²) in [6.45, 7) is 2.44. The van der Waals surface area contributed by atoms with Crippen LogP contribution in [0.15, 0.2) is 23.1 Å². The lowest BCUT2D eigenvalue weighted by Crippen LogP contribution is -2.46. The average Bonchev–Trinajstić information content (AvgIpc) is 2.49. The molecule has 0 aliphatic carbocycles. The maximum atomic E-state index is 12.6. The highest BCUT2D eigenvalue weighted by atomic mass is 35.5. The van der Waals surface area contributed by atoms with E-state index in [9.17, 15) is 18.3 Å². The molecule has 1 aliphatic rings. The summed E-state index contributed by atoms with van der Waals surface area (Å²) in [5.41, 5.74) is 0. The van der Waals surface area contributed by atoms with Crippen LogP contribution in [0.1, 0.15) is 19.8 Å².